The quantitative estimate of drug-likeness (QED) is 0.369. The van der Waals surface area contributed by atoms with Gasteiger partial charge in [0.1, 0.15) is 11.8 Å². The minimum absolute atomic E-state index is 0.00863. The number of carbonyl (C=O) groups is 2. The summed E-state index contributed by atoms with van der Waals surface area (Å²) >= 11 is 12.7. The molecule has 0 aromatic heterocycles. The van der Waals surface area contributed by atoms with Crippen molar-refractivity contribution in [3.8, 4) is 5.75 Å². The van der Waals surface area contributed by atoms with E-state index in [4.69, 9.17) is 27.9 Å². The van der Waals surface area contributed by atoms with Gasteiger partial charge in [0, 0.05) is 41.2 Å². The lowest BCUT2D eigenvalue weighted by molar-refractivity contribution is -0.141. The summed E-state index contributed by atoms with van der Waals surface area (Å²) in [5.74, 6) is -0.179. The Bertz CT molecular complexity index is 1170. The van der Waals surface area contributed by atoms with Gasteiger partial charge in [0.15, 0.2) is 0 Å². The predicted octanol–water partition coefficient (Wildman–Crippen LogP) is 4.88. The second kappa shape index (κ2) is 13.9. The summed E-state index contributed by atoms with van der Waals surface area (Å²) in [6.45, 7) is 5.62. The Kier molecular flexibility index (Phi) is 11.5. The first kappa shape index (κ1) is 30.7. The van der Waals surface area contributed by atoms with Crippen LogP contribution in [0.15, 0.2) is 42.5 Å². The second-order valence-corrected chi connectivity index (χ2v) is 11.6. The van der Waals surface area contributed by atoms with Gasteiger partial charge in [-0.3, -0.25) is 13.9 Å². The zero-order valence-corrected chi connectivity index (χ0v) is 24.2. The Morgan fingerprint density at radius 3 is 2.22 bits per heavy atom. The second-order valence-electron chi connectivity index (χ2n) is 8.92. The molecular weight excluding hydrogens is 537 g/mol. The van der Waals surface area contributed by atoms with E-state index in [1.54, 1.807) is 42.5 Å². The number of carbonyl (C=O) groups excluding carboxylic acids is 2. The van der Waals surface area contributed by atoms with Crippen LogP contribution in [-0.2, 0) is 26.2 Å². The van der Waals surface area contributed by atoms with E-state index >= 15 is 0 Å². The van der Waals surface area contributed by atoms with Gasteiger partial charge in [0.2, 0.25) is 21.8 Å². The third kappa shape index (κ3) is 8.51. The zero-order valence-electron chi connectivity index (χ0n) is 21.8. The van der Waals surface area contributed by atoms with Crippen LogP contribution in [0.3, 0.4) is 0 Å². The fourth-order valence-electron chi connectivity index (χ4n) is 3.97. The highest BCUT2D eigenvalue weighted by Gasteiger charge is 2.30. The highest BCUT2D eigenvalue weighted by molar-refractivity contribution is 7.92. The van der Waals surface area contributed by atoms with Gasteiger partial charge >= 0.3 is 0 Å². The Morgan fingerprint density at radius 1 is 1.05 bits per heavy atom. The molecule has 0 saturated heterocycles. The minimum Gasteiger partial charge on any atom is -0.495 e. The fraction of sp³-hybridized carbons (Fsp3) is 0.462. The highest BCUT2D eigenvalue weighted by Crippen LogP contribution is 2.30. The standard InChI is InChI=1S/C26H35Cl2N3O5S/c1-6-22(26(33)29-18(2)3)30(17-19-20(27)11-9-12-21(19)28)25(32)15-10-16-31(37(5,34)35)23-13-7-8-14-24(23)36-4/h7-9,11-14,18,22H,6,10,15-17H2,1-5H3,(H,29,33). The topological polar surface area (TPSA) is 96.0 Å². The van der Waals surface area contributed by atoms with Crippen molar-refractivity contribution in [2.24, 2.45) is 0 Å². The third-order valence-electron chi connectivity index (χ3n) is 5.71. The van der Waals surface area contributed by atoms with Crippen molar-refractivity contribution >= 4 is 50.7 Å². The molecule has 0 aliphatic heterocycles. The minimum atomic E-state index is -3.65. The first-order valence-electron chi connectivity index (χ1n) is 12.0. The molecule has 0 aliphatic carbocycles. The average Bonchev–Trinajstić information content (AvgIpc) is 2.82. The van der Waals surface area contributed by atoms with E-state index in [1.165, 1.54) is 16.3 Å². The largest absolute Gasteiger partial charge is 0.495 e. The Balaban J connectivity index is 2.30. The lowest BCUT2D eigenvalue weighted by Crippen LogP contribution is -2.50. The molecule has 37 heavy (non-hydrogen) atoms. The Labute approximate surface area is 229 Å². The number of para-hydroxylation sites is 2. The number of halogens is 2. The molecule has 8 nitrogen and oxygen atoms in total. The SMILES string of the molecule is CCC(C(=O)NC(C)C)N(Cc1c(Cl)cccc1Cl)C(=O)CCCN(c1ccccc1OC)S(C)(=O)=O. The Hall–Kier alpha value is -2.49. The van der Waals surface area contributed by atoms with Crippen molar-refractivity contribution in [3.63, 3.8) is 0 Å². The zero-order chi connectivity index (χ0) is 27.8. The highest BCUT2D eigenvalue weighted by atomic mass is 35.5. The van der Waals surface area contributed by atoms with Gasteiger partial charge in [0.25, 0.3) is 0 Å². The molecule has 1 unspecified atom stereocenters. The number of benzene rings is 2. The van der Waals surface area contributed by atoms with Crippen LogP contribution >= 0.6 is 23.2 Å². The van der Waals surface area contributed by atoms with Gasteiger partial charge in [-0.05, 0) is 51.0 Å². The first-order valence-corrected chi connectivity index (χ1v) is 14.6. The maximum absolute atomic E-state index is 13.5. The third-order valence-corrected chi connectivity index (χ3v) is 7.60. The van der Waals surface area contributed by atoms with Crippen molar-refractivity contribution in [2.75, 3.05) is 24.2 Å². The number of rotatable bonds is 13. The lowest BCUT2D eigenvalue weighted by atomic mass is 10.1. The van der Waals surface area contributed by atoms with E-state index in [2.05, 4.69) is 5.32 Å². The van der Waals surface area contributed by atoms with Gasteiger partial charge in [-0.2, -0.15) is 0 Å². The number of nitrogens with one attached hydrogen (secondary N) is 1. The molecule has 0 radical (unpaired) electrons. The monoisotopic (exact) mass is 571 g/mol. The summed E-state index contributed by atoms with van der Waals surface area (Å²) in [5.41, 5.74) is 0.934. The number of hydrogen-bond donors (Lipinski definition) is 1. The molecule has 2 aromatic rings. The van der Waals surface area contributed by atoms with E-state index < -0.39 is 16.1 Å². The van der Waals surface area contributed by atoms with Crippen LogP contribution in [0, 0.1) is 0 Å². The first-order chi connectivity index (χ1) is 17.4. The number of ether oxygens (including phenoxy) is 1. The van der Waals surface area contributed by atoms with Crippen LogP contribution in [0.4, 0.5) is 5.69 Å². The molecule has 2 rings (SSSR count). The molecule has 0 fully saturated rings. The smallest absolute Gasteiger partial charge is 0.243 e. The maximum Gasteiger partial charge on any atom is 0.243 e. The van der Waals surface area contributed by atoms with Crippen molar-refractivity contribution in [1.29, 1.82) is 0 Å². The molecule has 2 aromatic carbocycles. The lowest BCUT2D eigenvalue weighted by Gasteiger charge is -2.32. The number of hydrogen-bond acceptors (Lipinski definition) is 5. The van der Waals surface area contributed by atoms with Crippen LogP contribution < -0.4 is 14.4 Å². The molecule has 0 heterocycles. The number of anilines is 1. The number of sulfonamides is 1. The van der Waals surface area contributed by atoms with Crippen LogP contribution in [0.1, 0.15) is 45.6 Å². The number of methoxy groups -OCH3 is 1. The molecule has 1 N–H and O–H groups in total. The van der Waals surface area contributed by atoms with Crippen molar-refractivity contribution in [3.05, 3.63) is 58.1 Å². The van der Waals surface area contributed by atoms with Gasteiger partial charge in [-0.25, -0.2) is 8.42 Å². The Morgan fingerprint density at radius 2 is 1.68 bits per heavy atom. The van der Waals surface area contributed by atoms with Crippen LogP contribution in [-0.4, -0.2) is 57.1 Å². The predicted molar refractivity (Wildman–Crippen MR) is 149 cm³/mol. The summed E-state index contributed by atoms with van der Waals surface area (Å²) in [7, 11) is -2.18. The van der Waals surface area contributed by atoms with E-state index in [0.717, 1.165) is 6.26 Å². The average molecular weight is 573 g/mol. The van der Waals surface area contributed by atoms with E-state index in [9.17, 15) is 18.0 Å². The molecule has 0 saturated carbocycles. The van der Waals surface area contributed by atoms with Gasteiger partial charge in [-0.1, -0.05) is 48.3 Å². The fourth-order valence-corrected chi connectivity index (χ4v) is 5.46. The van der Waals surface area contributed by atoms with Crippen molar-refractivity contribution in [1.82, 2.24) is 10.2 Å². The molecule has 11 heteroatoms. The van der Waals surface area contributed by atoms with E-state index in [-0.39, 0.29) is 43.8 Å². The van der Waals surface area contributed by atoms with Crippen LogP contribution in [0.5, 0.6) is 5.75 Å². The molecular formula is C26H35Cl2N3O5S. The molecule has 0 spiro atoms. The van der Waals surface area contributed by atoms with Crippen LogP contribution in [0.25, 0.3) is 0 Å². The summed E-state index contributed by atoms with van der Waals surface area (Å²) in [6, 6.07) is 11.0. The number of amides is 2. The molecule has 1 atom stereocenters. The van der Waals surface area contributed by atoms with Crippen LogP contribution in [0.2, 0.25) is 10.0 Å². The van der Waals surface area contributed by atoms with E-state index in [1.807, 2.05) is 20.8 Å². The summed E-state index contributed by atoms with van der Waals surface area (Å²) < 4.78 is 31.7. The molecule has 0 aliphatic rings. The van der Waals surface area contributed by atoms with Gasteiger partial charge in [0.05, 0.1) is 19.1 Å². The molecule has 2 amide bonds. The summed E-state index contributed by atoms with van der Waals surface area (Å²) in [5, 5.41) is 3.66. The molecule has 0 bridgehead atoms. The van der Waals surface area contributed by atoms with Crippen molar-refractivity contribution < 1.29 is 22.7 Å². The maximum atomic E-state index is 13.5. The summed E-state index contributed by atoms with van der Waals surface area (Å²) in [6.07, 6.45) is 1.72. The normalized spacial score (nSPS) is 12.2. The summed E-state index contributed by atoms with van der Waals surface area (Å²) in [4.78, 5) is 28.0. The molecule has 204 valence electrons. The van der Waals surface area contributed by atoms with Crippen molar-refractivity contribution in [2.45, 2.75) is 58.7 Å². The van der Waals surface area contributed by atoms with E-state index in [0.29, 0.717) is 33.5 Å². The number of nitrogens with zero attached hydrogens (tertiary/aromatic N) is 2. The van der Waals surface area contributed by atoms with Gasteiger partial charge < -0.3 is 15.0 Å². The van der Waals surface area contributed by atoms with Gasteiger partial charge in [-0.15, -0.1) is 0 Å².